The molecule has 0 radical (unpaired) electrons. The van der Waals surface area contributed by atoms with Crippen molar-refractivity contribution in [1.82, 2.24) is 25.3 Å². The van der Waals surface area contributed by atoms with Crippen molar-refractivity contribution >= 4 is 0 Å². The molecule has 118 valence electrons. The number of hydrogen-bond donors (Lipinski definition) is 1. The average molecular weight is 293 g/mol. The van der Waals surface area contributed by atoms with Crippen LogP contribution in [0.1, 0.15) is 43.9 Å². The third-order valence-corrected chi connectivity index (χ3v) is 5.02. The van der Waals surface area contributed by atoms with Crippen molar-refractivity contribution in [1.29, 1.82) is 0 Å². The van der Waals surface area contributed by atoms with E-state index >= 15 is 0 Å². The molecule has 2 aliphatic heterocycles. The highest BCUT2D eigenvalue weighted by molar-refractivity contribution is 5.11. The van der Waals surface area contributed by atoms with E-state index in [-0.39, 0.29) is 11.5 Å². The minimum Gasteiger partial charge on any atom is -0.339 e. The Morgan fingerprint density at radius 3 is 2.95 bits per heavy atom. The van der Waals surface area contributed by atoms with Crippen molar-refractivity contribution in [2.75, 3.05) is 46.8 Å². The normalized spacial score (nSPS) is 31.9. The van der Waals surface area contributed by atoms with Crippen LogP contribution in [0.25, 0.3) is 0 Å². The molecule has 2 saturated heterocycles. The van der Waals surface area contributed by atoms with Crippen molar-refractivity contribution in [2.45, 2.75) is 37.6 Å². The number of piperazine rings is 1. The highest BCUT2D eigenvalue weighted by Crippen LogP contribution is 2.35. The summed E-state index contributed by atoms with van der Waals surface area (Å²) in [6.45, 7) is 7.34. The van der Waals surface area contributed by atoms with Gasteiger partial charge in [0.25, 0.3) is 0 Å². The van der Waals surface area contributed by atoms with Crippen LogP contribution in [0.3, 0.4) is 0 Å². The topological polar surface area (TPSA) is 57.4 Å². The number of aromatic nitrogens is 2. The number of nitrogens with zero attached hydrogens (tertiary/aromatic N) is 4. The van der Waals surface area contributed by atoms with Gasteiger partial charge >= 0.3 is 0 Å². The summed E-state index contributed by atoms with van der Waals surface area (Å²) in [7, 11) is 4.30. The first-order valence-corrected chi connectivity index (χ1v) is 8.08. The Balaban J connectivity index is 1.82. The van der Waals surface area contributed by atoms with Gasteiger partial charge in [-0.2, -0.15) is 4.98 Å². The van der Waals surface area contributed by atoms with Crippen LogP contribution in [0.4, 0.5) is 0 Å². The number of rotatable bonds is 4. The molecule has 0 aliphatic carbocycles. The molecule has 3 rings (SSSR count). The van der Waals surface area contributed by atoms with Gasteiger partial charge in [0.15, 0.2) is 5.82 Å². The summed E-state index contributed by atoms with van der Waals surface area (Å²) in [5.74, 6) is 1.69. The van der Waals surface area contributed by atoms with Crippen molar-refractivity contribution in [3.63, 3.8) is 0 Å². The van der Waals surface area contributed by atoms with Crippen LogP contribution in [0.2, 0.25) is 0 Å². The van der Waals surface area contributed by atoms with Crippen LogP contribution < -0.4 is 5.32 Å². The highest BCUT2D eigenvalue weighted by Gasteiger charge is 2.41. The second kappa shape index (κ2) is 6.02. The van der Waals surface area contributed by atoms with E-state index < -0.39 is 0 Å². The molecule has 6 heteroatoms. The molecule has 0 saturated carbocycles. The van der Waals surface area contributed by atoms with Crippen LogP contribution in [-0.4, -0.2) is 66.8 Å². The Hall–Kier alpha value is -0.980. The van der Waals surface area contributed by atoms with E-state index in [0.717, 1.165) is 63.7 Å². The van der Waals surface area contributed by atoms with E-state index in [1.807, 2.05) is 0 Å². The summed E-state index contributed by atoms with van der Waals surface area (Å²) >= 11 is 0. The van der Waals surface area contributed by atoms with Gasteiger partial charge in [0.2, 0.25) is 5.89 Å². The molecule has 6 nitrogen and oxygen atoms in total. The lowest BCUT2D eigenvalue weighted by Crippen LogP contribution is -2.45. The van der Waals surface area contributed by atoms with Gasteiger partial charge in [-0.05, 0) is 33.5 Å². The Morgan fingerprint density at radius 2 is 2.24 bits per heavy atom. The largest absolute Gasteiger partial charge is 0.339 e. The van der Waals surface area contributed by atoms with Crippen LogP contribution in [0, 0.1) is 0 Å². The van der Waals surface area contributed by atoms with E-state index in [1.165, 1.54) is 0 Å². The summed E-state index contributed by atoms with van der Waals surface area (Å²) < 4.78 is 5.69. The molecule has 21 heavy (non-hydrogen) atoms. The predicted octanol–water partition coefficient (Wildman–Crippen LogP) is 1.02. The van der Waals surface area contributed by atoms with Gasteiger partial charge in [0, 0.05) is 26.2 Å². The second-order valence-electron chi connectivity index (χ2n) is 6.67. The molecule has 0 aromatic carbocycles. The van der Waals surface area contributed by atoms with E-state index in [0.29, 0.717) is 0 Å². The van der Waals surface area contributed by atoms with Gasteiger partial charge in [-0.25, -0.2) is 0 Å². The SMILES string of the molecule is CCCC1(c2nc(C3CN(C)CCN3C)no2)CCNC1. The summed E-state index contributed by atoms with van der Waals surface area (Å²) in [6, 6.07) is 0.245. The third-order valence-electron chi connectivity index (χ3n) is 5.02. The lowest BCUT2D eigenvalue weighted by atomic mass is 9.82. The predicted molar refractivity (Wildman–Crippen MR) is 81.2 cm³/mol. The first-order valence-electron chi connectivity index (χ1n) is 8.08. The number of nitrogens with one attached hydrogen (secondary N) is 1. The fraction of sp³-hybridized carbons (Fsp3) is 0.867. The molecule has 1 N–H and O–H groups in total. The second-order valence-corrected chi connectivity index (χ2v) is 6.67. The Labute approximate surface area is 126 Å². The van der Waals surface area contributed by atoms with E-state index in [4.69, 9.17) is 9.51 Å². The standard InChI is InChI=1S/C15H27N5O/c1-4-5-15(6-7-16-11-15)14-17-13(18-21-14)12-10-19(2)8-9-20(12)3/h12,16H,4-11H2,1-3H3. The Bertz CT molecular complexity index is 468. The molecule has 2 unspecified atom stereocenters. The molecule has 0 spiro atoms. The zero-order valence-corrected chi connectivity index (χ0v) is 13.4. The molecular weight excluding hydrogens is 266 g/mol. The van der Waals surface area contributed by atoms with Gasteiger partial charge in [-0.1, -0.05) is 18.5 Å². The first kappa shape index (κ1) is 14.9. The zero-order valence-electron chi connectivity index (χ0n) is 13.4. The highest BCUT2D eigenvalue weighted by atomic mass is 16.5. The molecule has 2 fully saturated rings. The zero-order chi connectivity index (χ0) is 14.9. The quantitative estimate of drug-likeness (QED) is 0.894. The first-order chi connectivity index (χ1) is 10.1. The van der Waals surface area contributed by atoms with Gasteiger partial charge in [-0.15, -0.1) is 0 Å². The smallest absolute Gasteiger partial charge is 0.234 e. The lowest BCUT2D eigenvalue weighted by molar-refractivity contribution is 0.108. The fourth-order valence-corrected chi connectivity index (χ4v) is 3.60. The average Bonchev–Trinajstić information content (AvgIpc) is 3.11. The van der Waals surface area contributed by atoms with Gasteiger partial charge in [0.1, 0.15) is 0 Å². The maximum absolute atomic E-state index is 5.69. The number of hydrogen-bond acceptors (Lipinski definition) is 6. The van der Waals surface area contributed by atoms with E-state index in [1.54, 1.807) is 0 Å². The van der Waals surface area contributed by atoms with Crippen molar-refractivity contribution in [3.05, 3.63) is 11.7 Å². The van der Waals surface area contributed by atoms with Crippen molar-refractivity contribution < 1.29 is 4.52 Å². The summed E-state index contributed by atoms with van der Waals surface area (Å²) in [6.07, 6.45) is 3.36. The van der Waals surface area contributed by atoms with Crippen LogP contribution in [0.5, 0.6) is 0 Å². The maximum atomic E-state index is 5.69. The summed E-state index contributed by atoms with van der Waals surface area (Å²) in [4.78, 5) is 9.47. The minimum absolute atomic E-state index is 0.0547. The van der Waals surface area contributed by atoms with Gasteiger partial charge < -0.3 is 14.7 Å². The Morgan fingerprint density at radius 1 is 1.38 bits per heavy atom. The lowest BCUT2D eigenvalue weighted by Gasteiger charge is -2.35. The molecule has 3 heterocycles. The molecule has 2 atom stereocenters. The van der Waals surface area contributed by atoms with Crippen molar-refractivity contribution in [3.8, 4) is 0 Å². The van der Waals surface area contributed by atoms with E-state index in [9.17, 15) is 0 Å². The summed E-state index contributed by atoms with van der Waals surface area (Å²) in [5.41, 5.74) is 0.0547. The molecule has 2 aliphatic rings. The van der Waals surface area contributed by atoms with Gasteiger partial charge in [-0.3, -0.25) is 4.90 Å². The Kier molecular flexibility index (Phi) is 4.28. The van der Waals surface area contributed by atoms with E-state index in [2.05, 4.69) is 41.3 Å². The van der Waals surface area contributed by atoms with Crippen LogP contribution >= 0.6 is 0 Å². The molecule has 0 bridgehead atoms. The molecule has 1 aromatic heterocycles. The maximum Gasteiger partial charge on any atom is 0.234 e. The number of likely N-dealkylation sites (N-methyl/N-ethyl adjacent to an activating group) is 2. The minimum atomic E-state index is 0.0547. The molecule has 1 aromatic rings. The van der Waals surface area contributed by atoms with Crippen LogP contribution in [0.15, 0.2) is 4.52 Å². The van der Waals surface area contributed by atoms with Crippen LogP contribution in [-0.2, 0) is 5.41 Å². The molecule has 0 amide bonds. The summed E-state index contributed by atoms with van der Waals surface area (Å²) in [5, 5.41) is 7.77. The monoisotopic (exact) mass is 293 g/mol. The van der Waals surface area contributed by atoms with Crippen molar-refractivity contribution in [2.24, 2.45) is 0 Å². The molecular formula is C15H27N5O. The van der Waals surface area contributed by atoms with Gasteiger partial charge in [0.05, 0.1) is 11.5 Å². The fourth-order valence-electron chi connectivity index (χ4n) is 3.60. The third kappa shape index (κ3) is 2.84.